The van der Waals surface area contributed by atoms with Crippen molar-refractivity contribution >= 4 is 10.9 Å². The average Bonchev–Trinajstić information content (AvgIpc) is 2.54. The number of aryl methyl sites for hydroxylation is 1. The molecule has 80 valence electrons. The summed E-state index contributed by atoms with van der Waals surface area (Å²) in [5, 5.41) is 10.5. The normalized spacial score (nSPS) is 11.1. The third kappa shape index (κ3) is 1.70. The van der Waals surface area contributed by atoms with Crippen LogP contribution in [0.3, 0.4) is 0 Å². The Kier molecular flexibility index (Phi) is 2.64. The molecule has 3 heteroatoms. The van der Waals surface area contributed by atoms with E-state index in [1.165, 1.54) is 11.2 Å². The molecule has 3 N–H and O–H groups in total. The molecule has 0 aliphatic heterocycles. The second-order valence-electron chi connectivity index (χ2n) is 3.66. The standard InChI is InChI=1S/C12H16N2O/c1-2-14-10(5-6-13)7-9-8-11(15)3-4-12(9)14/h3-4,7-8,15H,2,5-6,13H2,1H3. The van der Waals surface area contributed by atoms with Crippen LogP contribution in [0, 0.1) is 0 Å². The van der Waals surface area contributed by atoms with Crippen LogP contribution in [0.1, 0.15) is 12.6 Å². The van der Waals surface area contributed by atoms with Gasteiger partial charge >= 0.3 is 0 Å². The minimum absolute atomic E-state index is 0.315. The second-order valence-corrected chi connectivity index (χ2v) is 3.66. The Bertz CT molecular complexity index is 474. The van der Waals surface area contributed by atoms with Crippen LogP contribution in [-0.2, 0) is 13.0 Å². The zero-order chi connectivity index (χ0) is 10.8. The number of hydrogen-bond donors (Lipinski definition) is 2. The molecule has 0 aliphatic rings. The molecule has 1 aromatic carbocycles. The summed E-state index contributed by atoms with van der Waals surface area (Å²) < 4.78 is 2.24. The number of nitrogens with zero attached hydrogens (tertiary/aromatic N) is 1. The number of fused-ring (bicyclic) bond motifs is 1. The Morgan fingerprint density at radius 2 is 2.13 bits per heavy atom. The summed E-state index contributed by atoms with van der Waals surface area (Å²) >= 11 is 0. The minimum atomic E-state index is 0.315. The van der Waals surface area contributed by atoms with E-state index < -0.39 is 0 Å². The van der Waals surface area contributed by atoms with Crippen molar-refractivity contribution in [3.05, 3.63) is 30.0 Å². The van der Waals surface area contributed by atoms with Gasteiger partial charge in [-0.15, -0.1) is 0 Å². The van der Waals surface area contributed by atoms with E-state index in [1.807, 2.05) is 6.07 Å². The van der Waals surface area contributed by atoms with Crippen LogP contribution in [-0.4, -0.2) is 16.2 Å². The van der Waals surface area contributed by atoms with Gasteiger partial charge in [-0.05, 0) is 44.2 Å². The Morgan fingerprint density at radius 1 is 1.33 bits per heavy atom. The summed E-state index contributed by atoms with van der Waals surface area (Å²) in [6.45, 7) is 3.71. The third-order valence-corrected chi connectivity index (χ3v) is 2.69. The van der Waals surface area contributed by atoms with Crippen molar-refractivity contribution in [3.63, 3.8) is 0 Å². The monoisotopic (exact) mass is 204 g/mol. The molecule has 15 heavy (non-hydrogen) atoms. The fourth-order valence-electron chi connectivity index (χ4n) is 2.04. The molecule has 1 heterocycles. The number of benzene rings is 1. The SMILES string of the molecule is CCn1c(CCN)cc2cc(O)ccc21. The van der Waals surface area contributed by atoms with Crippen molar-refractivity contribution in [2.24, 2.45) is 5.73 Å². The first-order valence-corrected chi connectivity index (χ1v) is 5.27. The van der Waals surface area contributed by atoms with E-state index in [9.17, 15) is 5.11 Å². The lowest BCUT2D eigenvalue weighted by Gasteiger charge is -2.06. The van der Waals surface area contributed by atoms with Gasteiger partial charge in [-0.1, -0.05) is 0 Å². The fourth-order valence-corrected chi connectivity index (χ4v) is 2.04. The molecular formula is C12H16N2O. The van der Waals surface area contributed by atoms with Crippen LogP contribution < -0.4 is 5.73 Å². The van der Waals surface area contributed by atoms with Gasteiger partial charge in [-0.25, -0.2) is 0 Å². The Morgan fingerprint density at radius 3 is 2.80 bits per heavy atom. The number of aromatic hydroxyl groups is 1. The van der Waals surface area contributed by atoms with Crippen molar-refractivity contribution in [3.8, 4) is 5.75 Å². The largest absolute Gasteiger partial charge is 0.508 e. The first kappa shape index (κ1) is 10.1. The van der Waals surface area contributed by atoms with E-state index in [1.54, 1.807) is 12.1 Å². The Labute approximate surface area is 89.1 Å². The van der Waals surface area contributed by atoms with Crippen LogP contribution in [0.25, 0.3) is 10.9 Å². The van der Waals surface area contributed by atoms with Crippen molar-refractivity contribution in [2.45, 2.75) is 19.9 Å². The zero-order valence-electron chi connectivity index (χ0n) is 8.90. The predicted octanol–water partition coefficient (Wildman–Crippen LogP) is 1.87. The third-order valence-electron chi connectivity index (χ3n) is 2.69. The molecule has 0 unspecified atom stereocenters. The zero-order valence-corrected chi connectivity index (χ0v) is 8.90. The second kappa shape index (κ2) is 3.95. The topological polar surface area (TPSA) is 51.2 Å². The van der Waals surface area contributed by atoms with Crippen LogP contribution in [0.4, 0.5) is 0 Å². The minimum Gasteiger partial charge on any atom is -0.508 e. The van der Waals surface area contributed by atoms with Crippen LogP contribution in [0.5, 0.6) is 5.75 Å². The smallest absolute Gasteiger partial charge is 0.116 e. The molecule has 1 aromatic heterocycles. The van der Waals surface area contributed by atoms with E-state index in [0.717, 1.165) is 18.4 Å². The van der Waals surface area contributed by atoms with Crippen LogP contribution >= 0.6 is 0 Å². The van der Waals surface area contributed by atoms with Gasteiger partial charge in [0.25, 0.3) is 0 Å². The lowest BCUT2D eigenvalue weighted by molar-refractivity contribution is 0.476. The Balaban J connectivity index is 2.62. The molecule has 0 aliphatic carbocycles. The maximum atomic E-state index is 9.40. The average molecular weight is 204 g/mol. The van der Waals surface area contributed by atoms with E-state index in [-0.39, 0.29) is 0 Å². The molecule has 0 bridgehead atoms. The molecule has 0 radical (unpaired) electrons. The van der Waals surface area contributed by atoms with E-state index in [4.69, 9.17) is 5.73 Å². The fraction of sp³-hybridized carbons (Fsp3) is 0.333. The number of phenols is 1. The molecule has 2 aromatic rings. The van der Waals surface area contributed by atoms with Crippen molar-refractivity contribution in [1.29, 1.82) is 0 Å². The van der Waals surface area contributed by atoms with Gasteiger partial charge in [-0.3, -0.25) is 0 Å². The molecule has 0 amide bonds. The molecular weight excluding hydrogens is 188 g/mol. The highest BCUT2D eigenvalue weighted by molar-refractivity contribution is 5.82. The highest BCUT2D eigenvalue weighted by Gasteiger charge is 2.06. The summed E-state index contributed by atoms with van der Waals surface area (Å²) in [4.78, 5) is 0. The van der Waals surface area contributed by atoms with Gasteiger partial charge in [0.2, 0.25) is 0 Å². The summed E-state index contributed by atoms with van der Waals surface area (Å²) in [6.07, 6.45) is 0.878. The van der Waals surface area contributed by atoms with E-state index in [0.29, 0.717) is 12.3 Å². The first-order valence-electron chi connectivity index (χ1n) is 5.27. The highest BCUT2D eigenvalue weighted by Crippen LogP contribution is 2.24. The Hall–Kier alpha value is -1.48. The number of aromatic nitrogens is 1. The lowest BCUT2D eigenvalue weighted by atomic mass is 10.2. The van der Waals surface area contributed by atoms with Crippen LogP contribution in [0.15, 0.2) is 24.3 Å². The predicted molar refractivity (Wildman–Crippen MR) is 62.0 cm³/mol. The molecule has 0 fully saturated rings. The summed E-state index contributed by atoms with van der Waals surface area (Å²) in [6, 6.07) is 7.57. The van der Waals surface area contributed by atoms with Crippen molar-refractivity contribution in [1.82, 2.24) is 4.57 Å². The summed E-state index contributed by atoms with van der Waals surface area (Å²) in [5.41, 5.74) is 7.98. The summed E-state index contributed by atoms with van der Waals surface area (Å²) in [5.74, 6) is 0.315. The number of nitrogens with two attached hydrogens (primary N) is 1. The number of phenolic OH excluding ortho intramolecular Hbond substituents is 1. The molecule has 0 spiro atoms. The molecule has 0 atom stereocenters. The number of hydrogen-bond acceptors (Lipinski definition) is 2. The molecule has 3 nitrogen and oxygen atoms in total. The van der Waals surface area contributed by atoms with Gasteiger partial charge in [0, 0.05) is 23.1 Å². The summed E-state index contributed by atoms with van der Waals surface area (Å²) in [7, 11) is 0. The highest BCUT2D eigenvalue weighted by atomic mass is 16.3. The molecule has 2 rings (SSSR count). The number of rotatable bonds is 3. The maximum absolute atomic E-state index is 9.40. The van der Waals surface area contributed by atoms with Crippen molar-refractivity contribution < 1.29 is 5.11 Å². The van der Waals surface area contributed by atoms with Crippen LogP contribution in [0.2, 0.25) is 0 Å². The van der Waals surface area contributed by atoms with Gasteiger partial charge in [0.05, 0.1) is 0 Å². The van der Waals surface area contributed by atoms with E-state index >= 15 is 0 Å². The maximum Gasteiger partial charge on any atom is 0.116 e. The molecule has 0 saturated heterocycles. The first-order chi connectivity index (χ1) is 7.26. The molecule has 0 saturated carbocycles. The van der Waals surface area contributed by atoms with Gasteiger partial charge in [0.15, 0.2) is 0 Å². The van der Waals surface area contributed by atoms with Gasteiger partial charge in [-0.2, -0.15) is 0 Å². The lowest BCUT2D eigenvalue weighted by Crippen LogP contribution is -2.07. The van der Waals surface area contributed by atoms with E-state index in [2.05, 4.69) is 17.6 Å². The van der Waals surface area contributed by atoms with Crippen molar-refractivity contribution in [2.75, 3.05) is 6.54 Å². The quantitative estimate of drug-likeness (QED) is 0.801. The van der Waals surface area contributed by atoms with Gasteiger partial charge < -0.3 is 15.4 Å². The van der Waals surface area contributed by atoms with Gasteiger partial charge in [0.1, 0.15) is 5.75 Å².